The third-order valence-electron chi connectivity index (χ3n) is 1.88. The number of benzene rings is 1. The van der Waals surface area contributed by atoms with Crippen molar-refractivity contribution in [1.29, 1.82) is 0 Å². The third-order valence-corrected chi connectivity index (χ3v) is 1.88. The van der Waals surface area contributed by atoms with Crippen LogP contribution in [0.15, 0.2) is 22.8 Å². The molecular weight excluding hydrogens is 170 g/mol. The predicted octanol–water partition coefficient (Wildman–Crippen LogP) is -0.0376. The summed E-state index contributed by atoms with van der Waals surface area (Å²) in [7, 11) is 0. The molecule has 0 atom stereocenters. The molecule has 2 N–H and O–H groups in total. The van der Waals surface area contributed by atoms with Gasteiger partial charge in [0.05, 0.1) is 0 Å². The van der Waals surface area contributed by atoms with Gasteiger partial charge in [-0.05, 0) is 35.6 Å². The molecule has 5 nitrogen and oxygen atoms in total. The molecule has 0 unspecified atom stereocenters. The van der Waals surface area contributed by atoms with E-state index in [1.165, 1.54) is 0 Å². The first-order valence-corrected chi connectivity index (χ1v) is 3.99. The van der Waals surface area contributed by atoms with Crippen molar-refractivity contribution in [2.24, 2.45) is 5.73 Å². The molecule has 0 saturated carbocycles. The van der Waals surface area contributed by atoms with Gasteiger partial charge in [-0.3, -0.25) is 4.63 Å². The number of hydrogen-bond acceptors (Lipinski definition) is 4. The van der Waals surface area contributed by atoms with Crippen LogP contribution in [0.3, 0.4) is 0 Å². The van der Waals surface area contributed by atoms with Gasteiger partial charge in [-0.2, -0.15) is 0 Å². The summed E-state index contributed by atoms with van der Waals surface area (Å²) in [6.07, 6.45) is 0.779. The number of aromatic nitrogens is 2. The Morgan fingerprint density at radius 3 is 3.15 bits per heavy atom. The fourth-order valence-electron chi connectivity index (χ4n) is 1.24. The van der Waals surface area contributed by atoms with Crippen molar-refractivity contribution in [2.45, 2.75) is 6.42 Å². The predicted molar refractivity (Wildman–Crippen MR) is 45.7 cm³/mol. The maximum Gasteiger partial charge on any atom is 0.248 e. The van der Waals surface area contributed by atoms with E-state index in [4.69, 9.17) is 5.73 Å². The van der Waals surface area contributed by atoms with E-state index in [0.717, 1.165) is 12.0 Å². The lowest BCUT2D eigenvalue weighted by molar-refractivity contribution is -0.782. The molecule has 13 heavy (non-hydrogen) atoms. The fourth-order valence-corrected chi connectivity index (χ4v) is 1.24. The first-order chi connectivity index (χ1) is 6.31. The molecule has 1 heterocycles. The van der Waals surface area contributed by atoms with Crippen molar-refractivity contribution in [3.05, 3.63) is 29.0 Å². The van der Waals surface area contributed by atoms with Gasteiger partial charge in [-0.15, -0.1) is 0 Å². The second-order valence-electron chi connectivity index (χ2n) is 2.79. The Hall–Kier alpha value is -1.62. The second kappa shape index (κ2) is 3.02. The molecule has 68 valence electrons. The maximum absolute atomic E-state index is 10.9. The zero-order valence-corrected chi connectivity index (χ0v) is 6.93. The molecule has 5 heteroatoms. The molecule has 0 bridgehead atoms. The molecule has 1 aromatic carbocycles. The third kappa shape index (κ3) is 1.33. The summed E-state index contributed by atoms with van der Waals surface area (Å²) in [6, 6.07) is 5.34. The summed E-state index contributed by atoms with van der Waals surface area (Å²) >= 11 is 0. The minimum atomic E-state index is 0.390. The van der Waals surface area contributed by atoms with Crippen LogP contribution in [0.5, 0.6) is 0 Å². The molecule has 0 fully saturated rings. The highest BCUT2D eigenvalue weighted by Gasteiger charge is 2.08. The number of fused-ring (bicyclic) bond motifs is 1. The number of rotatable bonds is 2. The van der Waals surface area contributed by atoms with Crippen LogP contribution in [-0.4, -0.2) is 11.7 Å². The van der Waals surface area contributed by atoms with Gasteiger partial charge in [0.15, 0.2) is 0 Å². The SMILES string of the molecule is NCCc1ccc2c(c1)no[n+]2[O-]. The van der Waals surface area contributed by atoms with E-state index in [0.29, 0.717) is 22.5 Å². The zero-order chi connectivity index (χ0) is 9.26. The van der Waals surface area contributed by atoms with Crippen molar-refractivity contribution >= 4 is 11.0 Å². The van der Waals surface area contributed by atoms with Gasteiger partial charge < -0.3 is 10.9 Å². The Labute approximate surface area is 74.3 Å². The van der Waals surface area contributed by atoms with Crippen LogP contribution in [0, 0.1) is 5.21 Å². The smallest absolute Gasteiger partial charge is 0.248 e. The lowest BCUT2D eigenvalue weighted by Crippen LogP contribution is -2.22. The van der Waals surface area contributed by atoms with Crippen molar-refractivity contribution in [3.8, 4) is 0 Å². The van der Waals surface area contributed by atoms with E-state index in [9.17, 15) is 5.21 Å². The largest absolute Gasteiger partial charge is 0.359 e. The van der Waals surface area contributed by atoms with Crippen LogP contribution in [0.2, 0.25) is 0 Å². The fraction of sp³-hybridized carbons (Fsp3) is 0.250. The van der Waals surface area contributed by atoms with Gasteiger partial charge in [0.1, 0.15) is 0 Å². The number of hydrogen-bond donors (Lipinski definition) is 1. The highest BCUT2D eigenvalue weighted by Crippen LogP contribution is 2.10. The average Bonchev–Trinajstić information content (AvgIpc) is 2.48. The first-order valence-electron chi connectivity index (χ1n) is 3.99. The maximum atomic E-state index is 10.9. The Morgan fingerprint density at radius 2 is 2.38 bits per heavy atom. The molecule has 0 amide bonds. The van der Waals surface area contributed by atoms with E-state index in [2.05, 4.69) is 9.79 Å². The molecule has 0 saturated heterocycles. The molecule has 0 radical (unpaired) electrons. The van der Waals surface area contributed by atoms with Crippen LogP contribution in [-0.2, 0) is 6.42 Å². The van der Waals surface area contributed by atoms with Crippen LogP contribution < -0.4 is 10.6 Å². The van der Waals surface area contributed by atoms with Crippen molar-refractivity contribution in [3.63, 3.8) is 0 Å². The van der Waals surface area contributed by atoms with E-state index in [-0.39, 0.29) is 0 Å². The first kappa shape index (κ1) is 8.00. The van der Waals surface area contributed by atoms with Gasteiger partial charge in [0.25, 0.3) is 0 Å². The van der Waals surface area contributed by atoms with Gasteiger partial charge >= 0.3 is 0 Å². The van der Waals surface area contributed by atoms with Gasteiger partial charge in [0, 0.05) is 5.16 Å². The van der Waals surface area contributed by atoms with Gasteiger partial charge in [-0.25, -0.2) is 0 Å². The van der Waals surface area contributed by atoms with E-state index < -0.39 is 0 Å². The average molecular weight is 179 g/mol. The molecule has 0 spiro atoms. The Bertz CT molecular complexity index is 424. The van der Waals surface area contributed by atoms with Crippen molar-refractivity contribution < 1.29 is 9.53 Å². The van der Waals surface area contributed by atoms with E-state index >= 15 is 0 Å². The summed E-state index contributed by atoms with van der Waals surface area (Å²) in [4.78, 5) is 0.390. The van der Waals surface area contributed by atoms with E-state index in [1.54, 1.807) is 12.1 Å². The Balaban J connectivity index is 2.50. The van der Waals surface area contributed by atoms with Crippen molar-refractivity contribution in [1.82, 2.24) is 5.16 Å². The number of nitrogens with zero attached hydrogens (tertiary/aromatic N) is 2. The van der Waals surface area contributed by atoms with Gasteiger partial charge in [-0.1, -0.05) is 6.07 Å². The van der Waals surface area contributed by atoms with Crippen LogP contribution in [0.25, 0.3) is 11.0 Å². The van der Waals surface area contributed by atoms with E-state index in [1.807, 2.05) is 6.07 Å². The Kier molecular flexibility index (Phi) is 1.86. The quantitative estimate of drug-likeness (QED) is 0.656. The molecule has 2 rings (SSSR count). The molecule has 0 aliphatic carbocycles. The molecule has 0 aliphatic rings. The van der Waals surface area contributed by atoms with Gasteiger partial charge in [0.2, 0.25) is 11.0 Å². The molecule has 1 aromatic heterocycles. The van der Waals surface area contributed by atoms with Crippen molar-refractivity contribution in [2.75, 3.05) is 6.54 Å². The topological polar surface area (TPSA) is 79.0 Å². The zero-order valence-electron chi connectivity index (χ0n) is 6.93. The standard InChI is InChI=1S/C8H9N3O2/c9-4-3-6-1-2-8-7(5-6)10-13-11(8)12/h1-2,5H,3-4,9H2. The molecule has 2 aromatic rings. The summed E-state index contributed by atoms with van der Waals surface area (Å²) < 4.78 is 4.43. The second-order valence-corrected chi connectivity index (χ2v) is 2.79. The highest BCUT2D eigenvalue weighted by molar-refractivity contribution is 5.70. The summed E-state index contributed by atoms with van der Waals surface area (Å²) in [6.45, 7) is 0.584. The van der Waals surface area contributed by atoms with Crippen LogP contribution in [0.1, 0.15) is 5.56 Å². The normalized spacial score (nSPS) is 10.8. The monoisotopic (exact) mass is 179 g/mol. The highest BCUT2D eigenvalue weighted by atomic mass is 16.8. The van der Waals surface area contributed by atoms with Crippen LogP contribution in [0.4, 0.5) is 0 Å². The summed E-state index contributed by atoms with van der Waals surface area (Å²) in [5, 5.41) is 14.5. The Morgan fingerprint density at radius 1 is 1.54 bits per heavy atom. The lowest BCUT2D eigenvalue weighted by atomic mass is 10.1. The molecule has 0 aliphatic heterocycles. The minimum absolute atomic E-state index is 0.390. The van der Waals surface area contributed by atoms with Crippen LogP contribution >= 0.6 is 0 Å². The summed E-state index contributed by atoms with van der Waals surface area (Å²) in [5.74, 6) is 0. The lowest BCUT2D eigenvalue weighted by Gasteiger charge is -1.94. The molecular formula is C8H9N3O2. The number of nitrogens with two attached hydrogens (primary N) is 1. The summed E-state index contributed by atoms with van der Waals surface area (Å²) in [5.41, 5.74) is 7.47. The minimum Gasteiger partial charge on any atom is -0.359 e.